The number of fused-ring (bicyclic) bond motifs is 2. The molecular formula is C24H29N7O. The van der Waals surface area contributed by atoms with Gasteiger partial charge in [0, 0.05) is 68.0 Å². The van der Waals surface area contributed by atoms with Crippen molar-refractivity contribution in [1.29, 1.82) is 0 Å². The van der Waals surface area contributed by atoms with Crippen molar-refractivity contribution in [2.45, 2.75) is 32.4 Å². The second-order valence-corrected chi connectivity index (χ2v) is 8.94. The Morgan fingerprint density at radius 2 is 2.12 bits per heavy atom. The molecular weight excluding hydrogens is 402 g/mol. The fourth-order valence-corrected chi connectivity index (χ4v) is 4.58. The molecule has 1 aliphatic heterocycles. The molecule has 0 radical (unpaired) electrons. The number of benzene rings is 1. The van der Waals surface area contributed by atoms with E-state index in [1.54, 1.807) is 4.68 Å². The SMILES string of the molecule is C[C@H]1CCCN1Cc1cc2cnc(NC(=O)c3ccc4c(N(C)C)nn(C)c4c3)cc2[nH]1. The second-order valence-electron chi connectivity index (χ2n) is 8.94. The standard InChI is InChI=1S/C24H29N7O/c1-15-6-5-9-31(15)14-18-10-17-13-25-22(12-20(17)26-18)27-24(32)16-7-8-19-21(11-16)30(4)28-23(19)29(2)3/h7-8,10-13,15,26H,5-6,9,14H2,1-4H3,(H,25,27,32)/t15-/m0/s1. The lowest BCUT2D eigenvalue weighted by atomic mass is 10.1. The molecule has 0 spiro atoms. The Balaban J connectivity index is 1.35. The highest BCUT2D eigenvalue weighted by molar-refractivity contribution is 6.07. The molecule has 3 aromatic heterocycles. The van der Waals surface area contributed by atoms with Crippen molar-refractivity contribution >= 4 is 39.3 Å². The summed E-state index contributed by atoms with van der Waals surface area (Å²) in [6.07, 6.45) is 4.34. The number of nitrogens with one attached hydrogen (secondary N) is 2. The molecule has 166 valence electrons. The largest absolute Gasteiger partial charge is 0.361 e. The van der Waals surface area contributed by atoms with Gasteiger partial charge in [0.1, 0.15) is 5.82 Å². The molecule has 0 aliphatic carbocycles. The first-order valence-corrected chi connectivity index (χ1v) is 11.1. The van der Waals surface area contributed by atoms with Gasteiger partial charge in [-0.1, -0.05) is 0 Å². The third-order valence-corrected chi connectivity index (χ3v) is 6.38. The summed E-state index contributed by atoms with van der Waals surface area (Å²) in [7, 11) is 5.81. The summed E-state index contributed by atoms with van der Waals surface area (Å²) in [5.74, 6) is 1.22. The number of rotatable bonds is 5. The van der Waals surface area contributed by atoms with Crippen LogP contribution in [0.15, 0.2) is 36.5 Å². The molecule has 5 rings (SSSR count). The van der Waals surface area contributed by atoms with E-state index in [-0.39, 0.29) is 5.91 Å². The maximum atomic E-state index is 12.9. The van der Waals surface area contributed by atoms with E-state index >= 15 is 0 Å². The Kier molecular flexibility index (Phi) is 5.09. The molecule has 0 unspecified atom stereocenters. The predicted octanol–water partition coefficient (Wildman–Crippen LogP) is 3.75. The van der Waals surface area contributed by atoms with Crippen LogP contribution in [-0.4, -0.2) is 57.2 Å². The summed E-state index contributed by atoms with van der Waals surface area (Å²) >= 11 is 0. The molecule has 8 heteroatoms. The number of hydrogen-bond donors (Lipinski definition) is 2. The van der Waals surface area contributed by atoms with E-state index in [0.29, 0.717) is 17.4 Å². The molecule has 1 saturated heterocycles. The quantitative estimate of drug-likeness (QED) is 0.503. The maximum absolute atomic E-state index is 12.9. The number of amides is 1. The Hall–Kier alpha value is -3.39. The molecule has 4 heterocycles. The second kappa shape index (κ2) is 7.94. The number of hydrogen-bond acceptors (Lipinski definition) is 5. The number of carbonyl (C=O) groups is 1. The summed E-state index contributed by atoms with van der Waals surface area (Å²) in [5, 5.41) is 9.54. The molecule has 0 bridgehead atoms. The molecule has 32 heavy (non-hydrogen) atoms. The van der Waals surface area contributed by atoms with Crippen molar-refractivity contribution < 1.29 is 4.79 Å². The number of nitrogens with zero attached hydrogens (tertiary/aromatic N) is 5. The summed E-state index contributed by atoms with van der Waals surface area (Å²) in [4.78, 5) is 25.3. The summed E-state index contributed by atoms with van der Waals surface area (Å²) in [5.41, 5.74) is 3.64. The molecule has 1 aliphatic rings. The van der Waals surface area contributed by atoms with Gasteiger partial charge in [-0.15, -0.1) is 0 Å². The van der Waals surface area contributed by atoms with Gasteiger partial charge in [-0.25, -0.2) is 4.98 Å². The highest BCUT2D eigenvalue weighted by atomic mass is 16.1. The molecule has 0 saturated carbocycles. The van der Waals surface area contributed by atoms with Gasteiger partial charge in [0.15, 0.2) is 5.82 Å². The zero-order chi connectivity index (χ0) is 22.4. The normalized spacial score (nSPS) is 16.8. The first kappa shape index (κ1) is 20.5. The van der Waals surface area contributed by atoms with Gasteiger partial charge < -0.3 is 15.2 Å². The van der Waals surface area contributed by atoms with Gasteiger partial charge in [0.05, 0.1) is 11.0 Å². The molecule has 8 nitrogen and oxygen atoms in total. The average Bonchev–Trinajstić information content (AvgIpc) is 3.45. The van der Waals surface area contributed by atoms with Crippen molar-refractivity contribution in [2.24, 2.45) is 7.05 Å². The van der Waals surface area contributed by atoms with E-state index in [4.69, 9.17) is 0 Å². The number of aryl methyl sites for hydroxylation is 1. The third kappa shape index (κ3) is 3.71. The summed E-state index contributed by atoms with van der Waals surface area (Å²) in [6, 6.07) is 10.3. The number of aromatic amines is 1. The van der Waals surface area contributed by atoms with E-state index in [1.165, 1.54) is 18.5 Å². The molecule has 4 aromatic rings. The summed E-state index contributed by atoms with van der Waals surface area (Å²) < 4.78 is 1.80. The van der Waals surface area contributed by atoms with E-state index in [2.05, 4.69) is 38.3 Å². The fourth-order valence-electron chi connectivity index (χ4n) is 4.58. The number of aromatic nitrogens is 4. The summed E-state index contributed by atoms with van der Waals surface area (Å²) in [6.45, 7) is 4.35. The van der Waals surface area contributed by atoms with Crippen molar-refractivity contribution in [3.05, 3.63) is 47.8 Å². The van der Waals surface area contributed by atoms with E-state index < -0.39 is 0 Å². The van der Waals surface area contributed by atoms with Gasteiger partial charge in [0.25, 0.3) is 5.91 Å². The van der Waals surface area contributed by atoms with Crippen LogP contribution in [0, 0.1) is 0 Å². The predicted molar refractivity (Wildman–Crippen MR) is 128 cm³/mol. The van der Waals surface area contributed by atoms with E-state index in [9.17, 15) is 4.79 Å². The zero-order valence-corrected chi connectivity index (χ0v) is 19.0. The maximum Gasteiger partial charge on any atom is 0.256 e. The van der Waals surface area contributed by atoms with Crippen LogP contribution < -0.4 is 10.2 Å². The van der Waals surface area contributed by atoms with Crippen LogP contribution in [0.25, 0.3) is 21.8 Å². The van der Waals surface area contributed by atoms with Crippen LogP contribution in [0.4, 0.5) is 11.6 Å². The van der Waals surface area contributed by atoms with Crippen LogP contribution in [0.2, 0.25) is 0 Å². The first-order valence-electron chi connectivity index (χ1n) is 11.1. The Morgan fingerprint density at radius 1 is 1.28 bits per heavy atom. The molecule has 1 atom stereocenters. The Morgan fingerprint density at radius 3 is 2.88 bits per heavy atom. The van der Waals surface area contributed by atoms with Gasteiger partial charge in [-0.05, 0) is 50.6 Å². The average molecular weight is 432 g/mol. The van der Waals surface area contributed by atoms with Gasteiger partial charge in [-0.3, -0.25) is 14.4 Å². The first-order chi connectivity index (χ1) is 15.4. The molecule has 1 aromatic carbocycles. The number of anilines is 2. The number of H-pyrrole nitrogens is 1. The van der Waals surface area contributed by atoms with Crippen LogP contribution in [0.1, 0.15) is 35.8 Å². The van der Waals surface area contributed by atoms with E-state index in [1.807, 2.05) is 56.5 Å². The van der Waals surface area contributed by atoms with E-state index in [0.717, 1.165) is 40.7 Å². The molecule has 2 N–H and O–H groups in total. The van der Waals surface area contributed by atoms with Gasteiger partial charge >= 0.3 is 0 Å². The number of likely N-dealkylation sites (tertiary alicyclic amines) is 1. The van der Waals surface area contributed by atoms with Crippen molar-refractivity contribution in [2.75, 3.05) is 30.9 Å². The molecule has 1 fully saturated rings. The van der Waals surface area contributed by atoms with Crippen molar-refractivity contribution in [3.63, 3.8) is 0 Å². The van der Waals surface area contributed by atoms with Gasteiger partial charge in [-0.2, -0.15) is 5.10 Å². The van der Waals surface area contributed by atoms with Crippen molar-refractivity contribution in [3.8, 4) is 0 Å². The topological polar surface area (TPSA) is 82.1 Å². The van der Waals surface area contributed by atoms with Crippen LogP contribution >= 0.6 is 0 Å². The Bertz CT molecular complexity index is 1300. The number of carbonyl (C=O) groups excluding carboxylic acids is 1. The van der Waals surface area contributed by atoms with Crippen LogP contribution in [0.5, 0.6) is 0 Å². The lowest BCUT2D eigenvalue weighted by Gasteiger charge is -2.19. The van der Waals surface area contributed by atoms with Crippen LogP contribution in [-0.2, 0) is 13.6 Å². The lowest BCUT2D eigenvalue weighted by Crippen LogP contribution is -2.26. The third-order valence-electron chi connectivity index (χ3n) is 6.38. The minimum absolute atomic E-state index is 0.191. The highest BCUT2D eigenvalue weighted by Gasteiger charge is 2.21. The van der Waals surface area contributed by atoms with Crippen LogP contribution in [0.3, 0.4) is 0 Å². The minimum atomic E-state index is -0.191. The fraction of sp³-hybridized carbons (Fsp3) is 0.375. The smallest absolute Gasteiger partial charge is 0.256 e. The highest BCUT2D eigenvalue weighted by Crippen LogP contribution is 2.26. The minimum Gasteiger partial charge on any atom is -0.361 e. The lowest BCUT2D eigenvalue weighted by molar-refractivity contribution is 0.102. The monoisotopic (exact) mass is 431 g/mol. The van der Waals surface area contributed by atoms with Crippen molar-refractivity contribution in [1.82, 2.24) is 24.6 Å². The Labute approximate surface area is 187 Å². The van der Waals surface area contributed by atoms with Gasteiger partial charge in [0.2, 0.25) is 0 Å². The number of pyridine rings is 1. The zero-order valence-electron chi connectivity index (χ0n) is 19.0. The molecule has 1 amide bonds.